The molecule has 120 valence electrons. The zero-order valence-corrected chi connectivity index (χ0v) is 12.5. The molecule has 0 spiro atoms. The van der Waals surface area contributed by atoms with Gasteiger partial charge in [-0.3, -0.25) is 9.48 Å². The van der Waals surface area contributed by atoms with Gasteiger partial charge in [0.25, 0.3) is 0 Å². The topological polar surface area (TPSA) is 92.0 Å². The van der Waals surface area contributed by atoms with Crippen LogP contribution in [0, 0.1) is 17.1 Å². The largest absolute Gasteiger partial charge is 0.383 e. The van der Waals surface area contributed by atoms with Crippen LogP contribution in [-0.2, 0) is 16.1 Å². The maximum absolute atomic E-state index is 13.5. The summed E-state index contributed by atoms with van der Waals surface area (Å²) in [5.74, 6) is -0.789. The highest BCUT2D eigenvalue weighted by atomic mass is 19.1. The molecule has 1 aromatic carbocycles. The average Bonchev–Trinajstić information content (AvgIpc) is 2.95. The number of rotatable bonds is 7. The lowest BCUT2D eigenvalue weighted by Crippen LogP contribution is -2.30. The predicted octanol–water partition coefficient (Wildman–Crippen LogP) is 1.40. The molecule has 0 radical (unpaired) electrons. The summed E-state index contributed by atoms with van der Waals surface area (Å²) in [6, 6.07) is 6.13. The molecular weight excluding hydrogens is 301 g/mol. The first-order valence-electron chi connectivity index (χ1n) is 6.87. The number of hydrogen-bond acceptors (Lipinski definition) is 5. The number of nitriles is 1. The summed E-state index contributed by atoms with van der Waals surface area (Å²) in [7, 11) is 1.56. The highest BCUT2D eigenvalue weighted by molar-refractivity contribution is 5.75. The number of anilines is 2. The molecule has 0 aliphatic carbocycles. The molecule has 2 aromatic rings. The summed E-state index contributed by atoms with van der Waals surface area (Å²) in [6.07, 6.45) is 3.09. The van der Waals surface area contributed by atoms with Crippen LogP contribution in [0.25, 0.3) is 0 Å². The van der Waals surface area contributed by atoms with Crippen molar-refractivity contribution in [2.45, 2.75) is 6.54 Å². The third-order valence-electron chi connectivity index (χ3n) is 2.97. The Bertz CT molecular complexity index is 723. The monoisotopic (exact) mass is 317 g/mol. The Kier molecular flexibility index (Phi) is 5.66. The van der Waals surface area contributed by atoms with Gasteiger partial charge in [0, 0.05) is 19.9 Å². The van der Waals surface area contributed by atoms with E-state index in [-0.39, 0.29) is 18.0 Å². The van der Waals surface area contributed by atoms with Crippen molar-refractivity contribution in [3.63, 3.8) is 0 Å². The third-order valence-corrected chi connectivity index (χ3v) is 2.97. The molecule has 2 rings (SSSR count). The van der Waals surface area contributed by atoms with Crippen molar-refractivity contribution in [1.29, 1.82) is 5.26 Å². The third kappa shape index (κ3) is 4.52. The minimum atomic E-state index is -0.595. The van der Waals surface area contributed by atoms with Gasteiger partial charge in [-0.25, -0.2) is 4.39 Å². The molecule has 0 saturated carbocycles. The van der Waals surface area contributed by atoms with Gasteiger partial charge in [-0.05, 0) is 12.1 Å². The van der Waals surface area contributed by atoms with E-state index in [4.69, 9.17) is 10.00 Å². The van der Waals surface area contributed by atoms with Gasteiger partial charge in [0.05, 0.1) is 24.2 Å². The van der Waals surface area contributed by atoms with E-state index in [1.54, 1.807) is 19.4 Å². The standard InChI is InChI=1S/C15H16FN5O2/c1-23-6-5-18-15(22)10-21-9-11(8-19-21)20-14-4-2-3-13(16)12(14)7-17/h2-4,8-9,20H,5-6,10H2,1H3,(H,18,22). The summed E-state index contributed by atoms with van der Waals surface area (Å²) in [4.78, 5) is 11.7. The fourth-order valence-corrected chi connectivity index (χ4v) is 1.91. The molecule has 0 aliphatic heterocycles. The maximum atomic E-state index is 13.5. The Labute approximate surface area is 132 Å². The lowest BCUT2D eigenvalue weighted by atomic mass is 10.2. The van der Waals surface area contributed by atoms with E-state index >= 15 is 0 Å². The van der Waals surface area contributed by atoms with E-state index in [1.807, 2.05) is 6.07 Å². The molecule has 1 amide bonds. The molecular formula is C15H16FN5O2. The van der Waals surface area contributed by atoms with Gasteiger partial charge in [-0.1, -0.05) is 6.07 Å². The van der Waals surface area contributed by atoms with E-state index in [0.717, 1.165) is 0 Å². The zero-order valence-electron chi connectivity index (χ0n) is 12.5. The number of ether oxygens (including phenoxy) is 1. The predicted molar refractivity (Wildman–Crippen MR) is 81.5 cm³/mol. The number of nitrogens with one attached hydrogen (secondary N) is 2. The fourth-order valence-electron chi connectivity index (χ4n) is 1.91. The van der Waals surface area contributed by atoms with E-state index in [9.17, 15) is 9.18 Å². The molecule has 0 bridgehead atoms. The SMILES string of the molecule is COCCNC(=O)Cn1cc(Nc2cccc(F)c2C#N)cn1. The Balaban J connectivity index is 1.99. The number of carbonyl (C=O) groups is 1. The maximum Gasteiger partial charge on any atom is 0.241 e. The summed E-state index contributed by atoms with van der Waals surface area (Å²) in [5.41, 5.74) is 0.825. The Morgan fingerprint density at radius 1 is 1.52 bits per heavy atom. The van der Waals surface area contributed by atoms with Crippen molar-refractivity contribution < 1.29 is 13.9 Å². The number of benzene rings is 1. The molecule has 0 aliphatic rings. The normalized spacial score (nSPS) is 10.1. The number of aromatic nitrogens is 2. The quantitative estimate of drug-likeness (QED) is 0.753. The second-order valence-electron chi connectivity index (χ2n) is 4.67. The summed E-state index contributed by atoms with van der Waals surface area (Å²) < 4.78 is 19.8. The van der Waals surface area contributed by atoms with E-state index in [0.29, 0.717) is 24.5 Å². The van der Waals surface area contributed by atoms with E-state index < -0.39 is 5.82 Å². The number of methoxy groups -OCH3 is 1. The van der Waals surface area contributed by atoms with Crippen molar-refractivity contribution in [1.82, 2.24) is 15.1 Å². The van der Waals surface area contributed by atoms with Crippen molar-refractivity contribution in [3.8, 4) is 6.07 Å². The first kappa shape index (κ1) is 16.5. The van der Waals surface area contributed by atoms with E-state index in [1.165, 1.54) is 23.0 Å². The van der Waals surface area contributed by atoms with Gasteiger partial charge < -0.3 is 15.4 Å². The highest BCUT2D eigenvalue weighted by Crippen LogP contribution is 2.22. The number of carbonyl (C=O) groups excluding carboxylic acids is 1. The van der Waals surface area contributed by atoms with Crippen LogP contribution in [0.5, 0.6) is 0 Å². The van der Waals surface area contributed by atoms with Crippen molar-refractivity contribution >= 4 is 17.3 Å². The lowest BCUT2D eigenvalue weighted by molar-refractivity contribution is -0.122. The number of amides is 1. The fraction of sp³-hybridized carbons (Fsp3) is 0.267. The molecule has 1 aromatic heterocycles. The van der Waals surface area contributed by atoms with Crippen LogP contribution >= 0.6 is 0 Å². The second-order valence-corrected chi connectivity index (χ2v) is 4.67. The molecule has 0 saturated heterocycles. The van der Waals surface area contributed by atoms with Crippen LogP contribution in [0.15, 0.2) is 30.6 Å². The lowest BCUT2D eigenvalue weighted by Gasteiger charge is -2.06. The summed E-state index contributed by atoms with van der Waals surface area (Å²) in [6.45, 7) is 0.921. The highest BCUT2D eigenvalue weighted by Gasteiger charge is 2.09. The van der Waals surface area contributed by atoms with Gasteiger partial charge in [-0.15, -0.1) is 0 Å². The summed E-state index contributed by atoms with van der Waals surface area (Å²) >= 11 is 0. The summed E-state index contributed by atoms with van der Waals surface area (Å²) in [5, 5.41) is 18.6. The molecule has 7 nitrogen and oxygen atoms in total. The minimum Gasteiger partial charge on any atom is -0.383 e. The van der Waals surface area contributed by atoms with Crippen molar-refractivity contribution in [2.24, 2.45) is 0 Å². The Morgan fingerprint density at radius 2 is 2.35 bits per heavy atom. The van der Waals surface area contributed by atoms with Crippen LogP contribution in [0.2, 0.25) is 0 Å². The van der Waals surface area contributed by atoms with Crippen molar-refractivity contribution in [2.75, 3.05) is 25.6 Å². The van der Waals surface area contributed by atoms with Crippen LogP contribution in [0.3, 0.4) is 0 Å². The van der Waals surface area contributed by atoms with Crippen LogP contribution < -0.4 is 10.6 Å². The van der Waals surface area contributed by atoms with Crippen molar-refractivity contribution in [3.05, 3.63) is 42.0 Å². The first-order chi connectivity index (χ1) is 11.1. The molecule has 1 heterocycles. The van der Waals surface area contributed by atoms with Gasteiger partial charge in [0.1, 0.15) is 24.0 Å². The zero-order chi connectivity index (χ0) is 16.7. The smallest absolute Gasteiger partial charge is 0.241 e. The van der Waals surface area contributed by atoms with Gasteiger partial charge in [0.15, 0.2) is 0 Å². The number of hydrogen-bond donors (Lipinski definition) is 2. The van der Waals surface area contributed by atoms with Gasteiger partial charge in [-0.2, -0.15) is 10.4 Å². The van der Waals surface area contributed by atoms with E-state index in [2.05, 4.69) is 15.7 Å². The first-order valence-corrected chi connectivity index (χ1v) is 6.87. The molecule has 23 heavy (non-hydrogen) atoms. The molecule has 0 fully saturated rings. The number of halogens is 1. The molecule has 0 atom stereocenters. The van der Waals surface area contributed by atoms with Gasteiger partial charge in [0.2, 0.25) is 5.91 Å². The Morgan fingerprint density at radius 3 is 3.09 bits per heavy atom. The van der Waals surface area contributed by atoms with Crippen LogP contribution in [0.4, 0.5) is 15.8 Å². The molecule has 0 unspecified atom stereocenters. The average molecular weight is 317 g/mol. The number of nitrogens with zero attached hydrogens (tertiary/aromatic N) is 3. The van der Waals surface area contributed by atoms with Crippen LogP contribution in [-0.4, -0.2) is 35.9 Å². The minimum absolute atomic E-state index is 0.0552. The molecule has 8 heteroatoms. The van der Waals surface area contributed by atoms with Gasteiger partial charge >= 0.3 is 0 Å². The van der Waals surface area contributed by atoms with Crippen LogP contribution in [0.1, 0.15) is 5.56 Å². The molecule has 2 N–H and O–H groups in total. The Hall–Kier alpha value is -2.92. The second kappa shape index (κ2) is 7.91.